The second-order valence-electron chi connectivity index (χ2n) is 7.02. The number of methoxy groups -OCH3 is 1. The maximum Gasteiger partial charge on any atom is 0.255 e. The average Bonchev–Trinajstić information content (AvgIpc) is 3.21. The third-order valence-electron chi connectivity index (χ3n) is 4.24. The Labute approximate surface area is 170 Å². The minimum atomic E-state index is -0.226. The van der Waals surface area contributed by atoms with Crippen LogP contribution in [0.2, 0.25) is 0 Å². The van der Waals surface area contributed by atoms with Crippen LogP contribution in [0.4, 0.5) is 5.69 Å². The van der Waals surface area contributed by atoms with Crippen molar-refractivity contribution < 1.29 is 23.8 Å². The van der Waals surface area contributed by atoms with Gasteiger partial charge in [0.05, 0.1) is 19.3 Å². The third kappa shape index (κ3) is 5.18. The lowest BCUT2D eigenvalue weighted by molar-refractivity contribution is 0.102. The molecule has 0 unspecified atom stereocenters. The van der Waals surface area contributed by atoms with Crippen molar-refractivity contribution >= 4 is 11.6 Å². The number of carbonyl (C=O) groups is 1. The van der Waals surface area contributed by atoms with E-state index in [2.05, 4.69) is 19.2 Å². The Morgan fingerprint density at radius 2 is 1.86 bits per heavy atom. The Hall–Kier alpha value is -3.25. The van der Waals surface area contributed by atoms with Gasteiger partial charge in [-0.1, -0.05) is 13.8 Å². The first kappa shape index (κ1) is 20.5. The van der Waals surface area contributed by atoms with Gasteiger partial charge in [-0.2, -0.15) is 0 Å². The van der Waals surface area contributed by atoms with Crippen LogP contribution in [-0.4, -0.2) is 24.7 Å². The minimum absolute atomic E-state index is 0.169. The number of benzene rings is 2. The number of nitrogens with one attached hydrogen (secondary N) is 1. The number of carbonyl (C=O) groups excluding carboxylic acids is 1. The molecule has 3 aromatic rings. The Morgan fingerprint density at radius 1 is 1.10 bits per heavy atom. The maximum atomic E-state index is 12.5. The van der Waals surface area contributed by atoms with Gasteiger partial charge in [0.15, 0.2) is 0 Å². The zero-order valence-corrected chi connectivity index (χ0v) is 16.8. The van der Waals surface area contributed by atoms with Crippen LogP contribution in [0.3, 0.4) is 0 Å². The van der Waals surface area contributed by atoms with E-state index < -0.39 is 0 Å². The van der Waals surface area contributed by atoms with Crippen molar-refractivity contribution in [3.8, 4) is 22.8 Å². The lowest BCUT2D eigenvalue weighted by Gasteiger charge is -2.11. The van der Waals surface area contributed by atoms with Crippen LogP contribution in [0.25, 0.3) is 11.3 Å². The van der Waals surface area contributed by atoms with E-state index in [-0.39, 0.29) is 12.5 Å². The van der Waals surface area contributed by atoms with E-state index in [9.17, 15) is 4.79 Å². The molecule has 0 spiro atoms. The van der Waals surface area contributed by atoms with Crippen molar-refractivity contribution in [2.45, 2.75) is 20.5 Å². The van der Waals surface area contributed by atoms with Crippen molar-refractivity contribution in [3.05, 3.63) is 65.9 Å². The summed E-state index contributed by atoms with van der Waals surface area (Å²) in [4.78, 5) is 12.5. The molecule has 0 bridgehead atoms. The van der Waals surface area contributed by atoms with E-state index >= 15 is 0 Å². The number of anilines is 1. The maximum absolute atomic E-state index is 12.5. The summed E-state index contributed by atoms with van der Waals surface area (Å²) in [5.74, 6) is 2.56. The van der Waals surface area contributed by atoms with Crippen LogP contribution in [0, 0.1) is 5.92 Å². The summed E-state index contributed by atoms with van der Waals surface area (Å²) in [7, 11) is 1.55. The highest BCUT2D eigenvalue weighted by Gasteiger charge is 2.13. The van der Waals surface area contributed by atoms with Crippen molar-refractivity contribution in [1.82, 2.24) is 0 Å². The predicted octanol–water partition coefficient (Wildman–Crippen LogP) is 4.73. The van der Waals surface area contributed by atoms with Crippen molar-refractivity contribution in [1.29, 1.82) is 0 Å². The molecular weight excluding hydrogens is 370 g/mol. The van der Waals surface area contributed by atoms with Crippen molar-refractivity contribution in [3.63, 3.8) is 0 Å². The lowest BCUT2D eigenvalue weighted by atomic mass is 10.1. The normalized spacial score (nSPS) is 10.8. The second-order valence-corrected chi connectivity index (χ2v) is 7.02. The standard InChI is InChI=1S/C23H25NO5/c1-15(2)14-28-18-7-4-16(5-8-18)23(26)24-17-6-10-20(22(12-17)27-3)21-11-9-19(13-25)29-21/h4-12,15,25H,13-14H2,1-3H3,(H,24,26). The smallest absolute Gasteiger partial charge is 0.255 e. The molecule has 0 atom stereocenters. The second kappa shape index (κ2) is 9.30. The van der Waals surface area contributed by atoms with E-state index in [1.165, 1.54) is 0 Å². The van der Waals surface area contributed by atoms with Gasteiger partial charge in [0.1, 0.15) is 29.6 Å². The zero-order valence-electron chi connectivity index (χ0n) is 16.8. The molecule has 29 heavy (non-hydrogen) atoms. The molecule has 0 aliphatic carbocycles. The number of aliphatic hydroxyl groups is 1. The SMILES string of the molecule is COc1cc(NC(=O)c2ccc(OCC(C)C)cc2)ccc1-c1ccc(CO)o1. The number of hydrogen-bond acceptors (Lipinski definition) is 5. The van der Waals surface area contributed by atoms with E-state index in [0.717, 1.165) is 11.3 Å². The van der Waals surface area contributed by atoms with Gasteiger partial charge in [0, 0.05) is 17.3 Å². The first-order valence-electron chi connectivity index (χ1n) is 9.42. The molecule has 0 radical (unpaired) electrons. The molecular formula is C23H25NO5. The molecule has 0 saturated carbocycles. The fraction of sp³-hybridized carbons (Fsp3) is 0.261. The fourth-order valence-electron chi connectivity index (χ4n) is 2.75. The van der Waals surface area contributed by atoms with Crippen LogP contribution >= 0.6 is 0 Å². The third-order valence-corrected chi connectivity index (χ3v) is 4.24. The van der Waals surface area contributed by atoms with Gasteiger partial charge in [-0.05, 0) is 54.4 Å². The first-order valence-corrected chi connectivity index (χ1v) is 9.42. The Bertz CT molecular complexity index is 960. The van der Waals surface area contributed by atoms with Gasteiger partial charge < -0.3 is 24.3 Å². The number of amides is 1. The molecule has 1 amide bonds. The molecule has 1 aromatic heterocycles. The number of furan rings is 1. The highest BCUT2D eigenvalue weighted by atomic mass is 16.5. The van der Waals surface area contributed by atoms with E-state index in [1.807, 2.05) is 0 Å². The molecule has 2 aromatic carbocycles. The number of hydrogen-bond donors (Lipinski definition) is 2. The van der Waals surface area contributed by atoms with Gasteiger partial charge in [-0.15, -0.1) is 0 Å². The summed E-state index contributed by atoms with van der Waals surface area (Å²) in [5.41, 5.74) is 1.87. The first-order chi connectivity index (χ1) is 14.0. The van der Waals surface area contributed by atoms with Gasteiger partial charge in [-0.3, -0.25) is 4.79 Å². The van der Waals surface area contributed by atoms with Crippen LogP contribution < -0.4 is 14.8 Å². The highest BCUT2D eigenvalue weighted by Crippen LogP contribution is 2.33. The molecule has 3 rings (SSSR count). The van der Waals surface area contributed by atoms with Gasteiger partial charge in [0.2, 0.25) is 0 Å². The van der Waals surface area contributed by atoms with Gasteiger partial charge >= 0.3 is 0 Å². The summed E-state index contributed by atoms with van der Waals surface area (Å²) in [5, 5.41) is 12.0. The molecule has 0 fully saturated rings. The van der Waals surface area contributed by atoms with Crippen molar-refractivity contribution in [2.75, 3.05) is 19.0 Å². The fourth-order valence-corrected chi connectivity index (χ4v) is 2.75. The molecule has 152 valence electrons. The molecule has 0 aliphatic rings. The summed E-state index contributed by atoms with van der Waals surface area (Å²) in [6, 6.07) is 15.8. The minimum Gasteiger partial charge on any atom is -0.496 e. The molecule has 6 heteroatoms. The monoisotopic (exact) mass is 395 g/mol. The van der Waals surface area contributed by atoms with Gasteiger partial charge in [-0.25, -0.2) is 0 Å². The molecule has 0 saturated heterocycles. The molecule has 0 aliphatic heterocycles. The summed E-state index contributed by atoms with van der Waals surface area (Å²) < 4.78 is 16.7. The molecule has 2 N–H and O–H groups in total. The quantitative estimate of drug-likeness (QED) is 0.576. The Kier molecular flexibility index (Phi) is 6.57. The summed E-state index contributed by atoms with van der Waals surface area (Å²) in [6.07, 6.45) is 0. The summed E-state index contributed by atoms with van der Waals surface area (Å²) >= 11 is 0. The van der Waals surface area contributed by atoms with Crippen molar-refractivity contribution in [2.24, 2.45) is 5.92 Å². The van der Waals surface area contributed by atoms with E-state index in [4.69, 9.17) is 19.0 Å². The molecule has 1 heterocycles. The average molecular weight is 395 g/mol. The largest absolute Gasteiger partial charge is 0.496 e. The summed E-state index contributed by atoms with van der Waals surface area (Å²) in [6.45, 7) is 4.63. The van der Waals surface area contributed by atoms with Crippen LogP contribution in [0.1, 0.15) is 30.0 Å². The Balaban J connectivity index is 1.71. The van der Waals surface area contributed by atoms with Crippen LogP contribution in [0.5, 0.6) is 11.5 Å². The topological polar surface area (TPSA) is 80.9 Å². The molecule has 6 nitrogen and oxygen atoms in total. The van der Waals surface area contributed by atoms with Gasteiger partial charge in [0.25, 0.3) is 5.91 Å². The van der Waals surface area contributed by atoms with E-state index in [0.29, 0.717) is 41.0 Å². The Morgan fingerprint density at radius 3 is 2.48 bits per heavy atom. The number of rotatable bonds is 8. The van der Waals surface area contributed by atoms with Crippen LogP contribution in [-0.2, 0) is 6.61 Å². The highest BCUT2D eigenvalue weighted by molar-refractivity contribution is 6.04. The van der Waals surface area contributed by atoms with E-state index in [1.54, 1.807) is 61.7 Å². The lowest BCUT2D eigenvalue weighted by Crippen LogP contribution is -2.12. The number of ether oxygens (including phenoxy) is 2. The predicted molar refractivity (Wildman–Crippen MR) is 111 cm³/mol. The zero-order chi connectivity index (χ0) is 20.8. The number of aliphatic hydroxyl groups excluding tert-OH is 1. The van der Waals surface area contributed by atoms with Crippen LogP contribution in [0.15, 0.2) is 59.0 Å².